The van der Waals surface area contributed by atoms with Gasteiger partial charge in [0.15, 0.2) is 0 Å². The summed E-state index contributed by atoms with van der Waals surface area (Å²) in [7, 11) is 1.54. The summed E-state index contributed by atoms with van der Waals surface area (Å²) in [6.07, 6.45) is 0. The number of aromatic nitrogens is 1. The summed E-state index contributed by atoms with van der Waals surface area (Å²) in [5.74, 6) is -2.45. The third-order valence-electron chi connectivity index (χ3n) is 3.58. The third kappa shape index (κ3) is 3.53. The topological polar surface area (TPSA) is 48.4 Å². The predicted octanol–water partition coefficient (Wildman–Crippen LogP) is 4.53. The second kappa shape index (κ2) is 7.03. The summed E-state index contributed by atoms with van der Waals surface area (Å²) < 4.78 is 37.3. The molecule has 0 saturated heterocycles. The van der Waals surface area contributed by atoms with E-state index in [-0.39, 0.29) is 11.8 Å². The second-order valence-corrected chi connectivity index (χ2v) is 5.53. The molecule has 2 aromatic carbocycles. The van der Waals surface area contributed by atoms with Gasteiger partial charge in [0.2, 0.25) is 0 Å². The highest BCUT2D eigenvalue weighted by Gasteiger charge is 2.19. The number of ether oxygens (including phenoxy) is 2. The van der Waals surface area contributed by atoms with E-state index in [1.54, 1.807) is 31.4 Å². The average Bonchev–Trinajstić information content (AvgIpc) is 2.59. The van der Waals surface area contributed by atoms with Gasteiger partial charge >= 0.3 is 5.97 Å². The minimum Gasteiger partial charge on any atom is -0.497 e. The van der Waals surface area contributed by atoms with E-state index in [4.69, 9.17) is 21.1 Å². The molecule has 0 radical (unpaired) electrons. The van der Waals surface area contributed by atoms with Crippen molar-refractivity contribution < 1.29 is 23.0 Å². The summed E-state index contributed by atoms with van der Waals surface area (Å²) >= 11 is 6.10. The zero-order valence-electron chi connectivity index (χ0n) is 13.1. The first-order chi connectivity index (χ1) is 12.0. The van der Waals surface area contributed by atoms with Crippen LogP contribution in [0.3, 0.4) is 0 Å². The van der Waals surface area contributed by atoms with E-state index in [0.29, 0.717) is 16.8 Å². The quantitative estimate of drug-likeness (QED) is 0.504. The molecule has 0 aliphatic heterocycles. The van der Waals surface area contributed by atoms with E-state index in [9.17, 15) is 13.6 Å². The molecule has 0 fully saturated rings. The van der Waals surface area contributed by atoms with E-state index in [0.717, 1.165) is 17.5 Å². The van der Waals surface area contributed by atoms with Crippen molar-refractivity contribution >= 4 is 28.5 Å². The predicted molar refractivity (Wildman–Crippen MR) is 88.8 cm³/mol. The number of benzene rings is 2. The molecule has 0 unspecified atom stereocenters. The van der Waals surface area contributed by atoms with Crippen LogP contribution in [-0.2, 0) is 11.3 Å². The molecule has 3 aromatic rings. The summed E-state index contributed by atoms with van der Waals surface area (Å²) in [5.41, 5.74) is 0.293. The van der Waals surface area contributed by atoms with Gasteiger partial charge in [-0.2, -0.15) is 0 Å². The van der Waals surface area contributed by atoms with Crippen molar-refractivity contribution in [3.63, 3.8) is 0 Å². The van der Waals surface area contributed by atoms with Gasteiger partial charge in [0.1, 0.15) is 34.7 Å². The van der Waals surface area contributed by atoms with E-state index in [2.05, 4.69) is 4.98 Å². The standard InChI is InChI=1S/C18H12ClF2NO3/c1-24-12-6-5-10-7-11(17(19)22-15(10)8-12)9-25-18(23)16-13(20)3-2-4-14(16)21/h2-8H,9H2,1H3. The maximum absolute atomic E-state index is 13.6. The number of halogens is 3. The van der Waals surface area contributed by atoms with Crippen LogP contribution >= 0.6 is 11.6 Å². The molecule has 0 spiro atoms. The van der Waals surface area contributed by atoms with Gasteiger partial charge in [-0.1, -0.05) is 17.7 Å². The Hall–Kier alpha value is -2.73. The molecular formula is C18H12ClF2NO3. The number of hydrogen-bond donors (Lipinski definition) is 0. The third-order valence-corrected chi connectivity index (χ3v) is 3.90. The first kappa shape index (κ1) is 17.1. The molecule has 0 saturated carbocycles. The molecule has 4 nitrogen and oxygen atoms in total. The van der Waals surface area contributed by atoms with Gasteiger partial charge in [0, 0.05) is 17.0 Å². The zero-order chi connectivity index (χ0) is 18.0. The van der Waals surface area contributed by atoms with Crippen LogP contribution in [0, 0.1) is 11.6 Å². The maximum atomic E-state index is 13.6. The van der Waals surface area contributed by atoms with Crippen LogP contribution in [0.4, 0.5) is 8.78 Å². The molecule has 0 atom stereocenters. The monoisotopic (exact) mass is 363 g/mol. The zero-order valence-corrected chi connectivity index (χ0v) is 13.8. The summed E-state index contributed by atoms with van der Waals surface area (Å²) in [6, 6.07) is 10.1. The van der Waals surface area contributed by atoms with Gasteiger partial charge < -0.3 is 9.47 Å². The minimum absolute atomic E-state index is 0.127. The van der Waals surface area contributed by atoms with Crippen molar-refractivity contribution in [1.82, 2.24) is 4.98 Å². The Morgan fingerprint density at radius 3 is 2.56 bits per heavy atom. The molecule has 3 rings (SSSR count). The Balaban J connectivity index is 1.83. The van der Waals surface area contributed by atoms with Crippen molar-refractivity contribution in [1.29, 1.82) is 0 Å². The van der Waals surface area contributed by atoms with Gasteiger partial charge in [-0.15, -0.1) is 0 Å². The van der Waals surface area contributed by atoms with Crippen LogP contribution in [0.15, 0.2) is 42.5 Å². The number of carbonyl (C=O) groups is 1. The van der Waals surface area contributed by atoms with Gasteiger partial charge in [-0.25, -0.2) is 18.6 Å². The van der Waals surface area contributed by atoms with Crippen molar-refractivity contribution in [3.05, 3.63) is 70.4 Å². The molecule has 1 aromatic heterocycles. The average molecular weight is 364 g/mol. The molecular weight excluding hydrogens is 352 g/mol. The number of rotatable bonds is 4. The smallest absolute Gasteiger partial charge is 0.344 e. The van der Waals surface area contributed by atoms with Crippen LogP contribution in [0.25, 0.3) is 10.9 Å². The largest absolute Gasteiger partial charge is 0.497 e. The van der Waals surface area contributed by atoms with Crippen molar-refractivity contribution in [2.24, 2.45) is 0 Å². The highest BCUT2D eigenvalue weighted by atomic mass is 35.5. The van der Waals surface area contributed by atoms with Gasteiger partial charge in [-0.3, -0.25) is 0 Å². The molecule has 0 aliphatic rings. The van der Waals surface area contributed by atoms with E-state index in [1.807, 2.05) is 0 Å². The van der Waals surface area contributed by atoms with E-state index >= 15 is 0 Å². The fraction of sp³-hybridized carbons (Fsp3) is 0.111. The second-order valence-electron chi connectivity index (χ2n) is 5.17. The van der Waals surface area contributed by atoms with Crippen LogP contribution in [-0.4, -0.2) is 18.1 Å². The molecule has 25 heavy (non-hydrogen) atoms. The fourth-order valence-electron chi connectivity index (χ4n) is 2.30. The SMILES string of the molecule is COc1ccc2cc(COC(=O)c3c(F)cccc3F)c(Cl)nc2c1. The number of carbonyl (C=O) groups excluding carboxylic acids is 1. The van der Waals surface area contributed by atoms with Crippen molar-refractivity contribution in [2.75, 3.05) is 7.11 Å². The highest BCUT2D eigenvalue weighted by molar-refractivity contribution is 6.30. The lowest BCUT2D eigenvalue weighted by molar-refractivity contribution is 0.0461. The summed E-state index contributed by atoms with van der Waals surface area (Å²) in [4.78, 5) is 16.2. The fourth-order valence-corrected chi connectivity index (χ4v) is 2.50. The number of nitrogens with zero attached hydrogens (tertiary/aromatic N) is 1. The van der Waals surface area contributed by atoms with Gasteiger partial charge in [0.05, 0.1) is 12.6 Å². The van der Waals surface area contributed by atoms with Crippen molar-refractivity contribution in [3.8, 4) is 5.75 Å². The van der Waals surface area contributed by atoms with Crippen LogP contribution in [0.2, 0.25) is 5.15 Å². The molecule has 7 heteroatoms. The number of fused-ring (bicyclic) bond motifs is 1. The molecule has 128 valence electrons. The van der Waals surface area contributed by atoms with Gasteiger partial charge in [-0.05, 0) is 30.3 Å². The molecule has 0 amide bonds. The van der Waals surface area contributed by atoms with Gasteiger partial charge in [0.25, 0.3) is 0 Å². The summed E-state index contributed by atoms with van der Waals surface area (Å²) in [6.45, 7) is -0.263. The van der Waals surface area contributed by atoms with Crippen molar-refractivity contribution in [2.45, 2.75) is 6.61 Å². The maximum Gasteiger partial charge on any atom is 0.344 e. The number of methoxy groups -OCH3 is 1. The Labute approximate surface area is 147 Å². The number of esters is 1. The Morgan fingerprint density at radius 1 is 1.16 bits per heavy atom. The lowest BCUT2D eigenvalue weighted by Crippen LogP contribution is -2.10. The lowest BCUT2D eigenvalue weighted by Gasteiger charge is -2.09. The molecule has 0 aliphatic carbocycles. The Morgan fingerprint density at radius 2 is 1.88 bits per heavy atom. The minimum atomic E-state index is -1.11. The van der Waals surface area contributed by atoms with Crippen LogP contribution in [0.1, 0.15) is 15.9 Å². The summed E-state index contributed by atoms with van der Waals surface area (Å²) in [5, 5.41) is 0.885. The number of hydrogen-bond acceptors (Lipinski definition) is 4. The van der Waals surface area contributed by atoms with E-state index in [1.165, 1.54) is 6.07 Å². The first-order valence-electron chi connectivity index (χ1n) is 7.24. The molecule has 0 bridgehead atoms. The first-order valence-corrected chi connectivity index (χ1v) is 7.61. The lowest BCUT2D eigenvalue weighted by atomic mass is 10.1. The van der Waals surface area contributed by atoms with Crippen LogP contribution < -0.4 is 4.74 Å². The normalized spacial score (nSPS) is 10.7. The Bertz CT molecular complexity index is 942. The number of pyridine rings is 1. The Kier molecular flexibility index (Phi) is 4.81. The molecule has 0 N–H and O–H groups in total. The van der Waals surface area contributed by atoms with E-state index < -0.39 is 23.2 Å². The highest BCUT2D eigenvalue weighted by Crippen LogP contribution is 2.25. The van der Waals surface area contributed by atoms with Crippen LogP contribution in [0.5, 0.6) is 5.75 Å². The molecule has 1 heterocycles.